The van der Waals surface area contributed by atoms with Gasteiger partial charge in [0.05, 0.1) is 0 Å². The molecule has 2 N–H and O–H groups in total. The van der Waals surface area contributed by atoms with Gasteiger partial charge in [0, 0.05) is 38.4 Å². The third-order valence-electron chi connectivity index (χ3n) is 3.41. The summed E-state index contributed by atoms with van der Waals surface area (Å²) in [7, 11) is 0. The van der Waals surface area contributed by atoms with Gasteiger partial charge in [-0.2, -0.15) is 0 Å². The number of nitrogens with one attached hydrogen (secondary N) is 2. The maximum Gasteiger partial charge on any atom is 0.229 e. The normalized spacial score (nSPS) is 23.8. The van der Waals surface area contributed by atoms with E-state index >= 15 is 0 Å². The summed E-state index contributed by atoms with van der Waals surface area (Å²) >= 11 is 0. The molecule has 0 aromatic carbocycles. The highest BCUT2D eigenvalue weighted by atomic mass is 16.2. The van der Waals surface area contributed by atoms with Crippen molar-refractivity contribution in [2.75, 3.05) is 19.6 Å². The molecule has 0 spiro atoms. The zero-order valence-corrected chi connectivity index (χ0v) is 10.4. The number of likely N-dealkylation sites (tertiary alicyclic amines) is 1. The Labute approximate surface area is 106 Å². The standard InChI is InChI=1S/C12H19N3O3/c16-10(8-9-2-1-5-13-9)14-6-7-15-11(17)3-4-12(15)18/h9,13H,1-8H2,(H,14,16). The lowest BCUT2D eigenvalue weighted by molar-refractivity contribution is -0.138. The average molecular weight is 253 g/mol. The van der Waals surface area contributed by atoms with Gasteiger partial charge in [0.25, 0.3) is 0 Å². The molecule has 2 fully saturated rings. The van der Waals surface area contributed by atoms with Crippen LogP contribution in [0.5, 0.6) is 0 Å². The minimum Gasteiger partial charge on any atom is -0.354 e. The van der Waals surface area contributed by atoms with E-state index in [1.807, 2.05) is 0 Å². The van der Waals surface area contributed by atoms with E-state index in [0.29, 0.717) is 32.4 Å². The fourth-order valence-electron chi connectivity index (χ4n) is 2.41. The van der Waals surface area contributed by atoms with E-state index in [1.165, 1.54) is 4.90 Å². The second-order valence-corrected chi connectivity index (χ2v) is 4.79. The first-order valence-corrected chi connectivity index (χ1v) is 6.50. The van der Waals surface area contributed by atoms with Gasteiger partial charge in [-0.25, -0.2) is 0 Å². The lowest BCUT2D eigenvalue weighted by Gasteiger charge is -2.15. The van der Waals surface area contributed by atoms with Gasteiger partial charge in [-0.3, -0.25) is 19.3 Å². The molecule has 2 saturated heterocycles. The molecule has 6 heteroatoms. The van der Waals surface area contributed by atoms with Crippen LogP contribution in [0.4, 0.5) is 0 Å². The van der Waals surface area contributed by atoms with Crippen LogP contribution in [0.15, 0.2) is 0 Å². The van der Waals surface area contributed by atoms with Gasteiger partial charge in [-0.1, -0.05) is 0 Å². The summed E-state index contributed by atoms with van der Waals surface area (Å²) < 4.78 is 0. The van der Waals surface area contributed by atoms with Crippen LogP contribution in [0.1, 0.15) is 32.1 Å². The van der Waals surface area contributed by atoms with Gasteiger partial charge < -0.3 is 10.6 Å². The summed E-state index contributed by atoms with van der Waals surface area (Å²) in [6.07, 6.45) is 3.24. The van der Waals surface area contributed by atoms with Crippen molar-refractivity contribution >= 4 is 17.7 Å². The maximum absolute atomic E-state index is 11.6. The van der Waals surface area contributed by atoms with Crippen molar-refractivity contribution in [3.05, 3.63) is 0 Å². The first kappa shape index (κ1) is 13.0. The molecule has 2 aliphatic heterocycles. The van der Waals surface area contributed by atoms with E-state index in [2.05, 4.69) is 10.6 Å². The third-order valence-corrected chi connectivity index (χ3v) is 3.41. The van der Waals surface area contributed by atoms with Gasteiger partial charge in [-0.15, -0.1) is 0 Å². The fraction of sp³-hybridized carbons (Fsp3) is 0.750. The summed E-state index contributed by atoms with van der Waals surface area (Å²) in [5.74, 6) is -0.285. The van der Waals surface area contributed by atoms with Crippen LogP contribution in [0.2, 0.25) is 0 Å². The summed E-state index contributed by atoms with van der Waals surface area (Å²) in [5, 5.41) is 6.01. The Morgan fingerprint density at radius 3 is 2.67 bits per heavy atom. The molecule has 0 bridgehead atoms. The van der Waals surface area contributed by atoms with E-state index in [9.17, 15) is 14.4 Å². The summed E-state index contributed by atoms with van der Waals surface area (Å²) in [5.41, 5.74) is 0. The number of amides is 3. The van der Waals surface area contributed by atoms with Gasteiger partial charge in [0.1, 0.15) is 0 Å². The molecule has 1 atom stereocenters. The molecule has 0 saturated carbocycles. The van der Waals surface area contributed by atoms with Crippen molar-refractivity contribution in [3.63, 3.8) is 0 Å². The lowest BCUT2D eigenvalue weighted by Crippen LogP contribution is -2.39. The molecule has 100 valence electrons. The maximum atomic E-state index is 11.6. The predicted molar refractivity (Wildman–Crippen MR) is 64.6 cm³/mol. The minimum atomic E-state index is -0.133. The van der Waals surface area contributed by atoms with Gasteiger partial charge in [0.15, 0.2) is 0 Å². The highest BCUT2D eigenvalue weighted by Gasteiger charge is 2.28. The van der Waals surface area contributed by atoms with Gasteiger partial charge in [-0.05, 0) is 19.4 Å². The smallest absolute Gasteiger partial charge is 0.229 e. The number of hydrogen-bond acceptors (Lipinski definition) is 4. The number of carbonyl (C=O) groups excluding carboxylic acids is 3. The molecule has 0 radical (unpaired) electrons. The molecular weight excluding hydrogens is 234 g/mol. The van der Waals surface area contributed by atoms with Crippen LogP contribution < -0.4 is 10.6 Å². The highest BCUT2D eigenvalue weighted by Crippen LogP contribution is 2.10. The molecule has 3 amide bonds. The largest absolute Gasteiger partial charge is 0.354 e. The van der Waals surface area contributed by atoms with Gasteiger partial charge >= 0.3 is 0 Å². The topological polar surface area (TPSA) is 78.5 Å². The zero-order valence-electron chi connectivity index (χ0n) is 10.4. The van der Waals surface area contributed by atoms with E-state index < -0.39 is 0 Å². The summed E-state index contributed by atoms with van der Waals surface area (Å²) in [6, 6.07) is 0.278. The van der Waals surface area contributed by atoms with Crippen LogP contribution in [-0.2, 0) is 14.4 Å². The molecular formula is C12H19N3O3. The van der Waals surface area contributed by atoms with Crippen LogP contribution in [0.25, 0.3) is 0 Å². The van der Waals surface area contributed by atoms with Crippen molar-refractivity contribution < 1.29 is 14.4 Å². The SMILES string of the molecule is O=C(CC1CCCN1)NCCN1C(=O)CCC1=O. The van der Waals surface area contributed by atoms with Crippen LogP contribution in [0, 0.1) is 0 Å². The van der Waals surface area contributed by atoms with Crippen LogP contribution >= 0.6 is 0 Å². The van der Waals surface area contributed by atoms with E-state index in [4.69, 9.17) is 0 Å². The molecule has 2 heterocycles. The van der Waals surface area contributed by atoms with Crippen molar-refractivity contribution in [1.82, 2.24) is 15.5 Å². The average Bonchev–Trinajstić information content (AvgIpc) is 2.93. The van der Waals surface area contributed by atoms with E-state index in [1.54, 1.807) is 0 Å². The molecule has 0 aliphatic carbocycles. The minimum absolute atomic E-state index is 0.0199. The molecule has 0 aromatic rings. The Morgan fingerprint density at radius 2 is 2.06 bits per heavy atom. The lowest BCUT2D eigenvalue weighted by atomic mass is 10.1. The second kappa shape index (κ2) is 5.95. The van der Waals surface area contributed by atoms with Crippen molar-refractivity contribution in [1.29, 1.82) is 0 Å². The summed E-state index contributed by atoms with van der Waals surface area (Å²) in [6.45, 7) is 1.62. The Hall–Kier alpha value is -1.43. The number of nitrogens with zero attached hydrogens (tertiary/aromatic N) is 1. The Bertz CT molecular complexity index is 334. The molecule has 18 heavy (non-hydrogen) atoms. The molecule has 6 nitrogen and oxygen atoms in total. The molecule has 1 unspecified atom stereocenters. The molecule has 2 rings (SSSR count). The van der Waals surface area contributed by atoms with Crippen molar-refractivity contribution in [2.24, 2.45) is 0 Å². The Kier molecular flexibility index (Phi) is 4.30. The first-order chi connectivity index (χ1) is 8.66. The number of imide groups is 1. The van der Waals surface area contributed by atoms with E-state index in [0.717, 1.165) is 19.4 Å². The predicted octanol–water partition coefficient (Wildman–Crippen LogP) is -0.606. The summed E-state index contributed by atoms with van der Waals surface area (Å²) in [4.78, 5) is 35.5. The van der Waals surface area contributed by atoms with Crippen LogP contribution in [-0.4, -0.2) is 48.3 Å². The Balaban J connectivity index is 1.64. The zero-order chi connectivity index (χ0) is 13.0. The third kappa shape index (κ3) is 3.29. The monoisotopic (exact) mass is 253 g/mol. The second-order valence-electron chi connectivity index (χ2n) is 4.79. The first-order valence-electron chi connectivity index (χ1n) is 6.50. The van der Waals surface area contributed by atoms with Crippen molar-refractivity contribution in [3.8, 4) is 0 Å². The quantitative estimate of drug-likeness (QED) is 0.641. The van der Waals surface area contributed by atoms with Crippen molar-refractivity contribution in [2.45, 2.75) is 38.1 Å². The Morgan fingerprint density at radius 1 is 1.33 bits per heavy atom. The number of hydrogen-bond donors (Lipinski definition) is 2. The van der Waals surface area contributed by atoms with Crippen LogP contribution in [0.3, 0.4) is 0 Å². The van der Waals surface area contributed by atoms with Gasteiger partial charge in [0.2, 0.25) is 17.7 Å². The fourth-order valence-corrected chi connectivity index (χ4v) is 2.41. The molecule has 2 aliphatic rings. The molecule has 0 aromatic heterocycles. The number of rotatable bonds is 5. The number of carbonyl (C=O) groups is 3. The van der Waals surface area contributed by atoms with E-state index in [-0.39, 0.29) is 23.8 Å². The highest BCUT2D eigenvalue weighted by molar-refractivity contribution is 6.01.